The van der Waals surface area contributed by atoms with Crippen LogP contribution in [-0.4, -0.2) is 60.3 Å². The molecule has 36 heavy (non-hydrogen) atoms. The molecule has 3 heterocycles. The van der Waals surface area contributed by atoms with E-state index in [-0.39, 0.29) is 34.6 Å². The predicted octanol–water partition coefficient (Wildman–Crippen LogP) is 2.66. The number of alkyl halides is 2. The summed E-state index contributed by atoms with van der Waals surface area (Å²) in [6, 6.07) is 10.5. The SMILES string of the molecule is CC1(NC(=O)c2ccc3c(c2)n(C2CCOCC2)c(=O)n3-c2cccc(OC(F)F)c2)CS(=O)(=O)C1. The highest BCUT2D eigenvalue weighted by molar-refractivity contribution is 7.93. The average molecular weight is 522 g/mol. The summed E-state index contributed by atoms with van der Waals surface area (Å²) >= 11 is 0. The van der Waals surface area contributed by atoms with Gasteiger partial charge in [-0.1, -0.05) is 6.07 Å². The molecule has 0 aliphatic carbocycles. The number of amides is 1. The van der Waals surface area contributed by atoms with Crippen molar-refractivity contribution in [2.45, 2.75) is 38.0 Å². The normalized spacial score (nSPS) is 19.2. The highest BCUT2D eigenvalue weighted by Gasteiger charge is 2.45. The first-order valence-corrected chi connectivity index (χ1v) is 13.3. The number of benzene rings is 2. The molecule has 0 bridgehead atoms. The molecule has 0 unspecified atom stereocenters. The first kappa shape index (κ1) is 24.4. The Morgan fingerprint density at radius 2 is 1.86 bits per heavy atom. The largest absolute Gasteiger partial charge is 0.435 e. The van der Waals surface area contributed by atoms with Crippen LogP contribution in [0.3, 0.4) is 0 Å². The summed E-state index contributed by atoms with van der Waals surface area (Å²) in [6.45, 7) is -0.370. The van der Waals surface area contributed by atoms with Crippen LogP contribution in [0.4, 0.5) is 8.78 Å². The van der Waals surface area contributed by atoms with Crippen molar-refractivity contribution in [2.24, 2.45) is 0 Å². The summed E-state index contributed by atoms with van der Waals surface area (Å²) in [6.07, 6.45) is 1.19. The molecule has 12 heteroatoms. The van der Waals surface area contributed by atoms with Gasteiger partial charge in [0.2, 0.25) is 0 Å². The lowest BCUT2D eigenvalue weighted by Crippen LogP contribution is -2.63. The van der Waals surface area contributed by atoms with Crippen molar-refractivity contribution in [3.63, 3.8) is 0 Å². The van der Waals surface area contributed by atoms with E-state index in [2.05, 4.69) is 10.1 Å². The monoisotopic (exact) mass is 521 g/mol. The number of nitrogens with zero attached hydrogens (tertiary/aromatic N) is 2. The van der Waals surface area contributed by atoms with Crippen LogP contribution in [0.25, 0.3) is 16.7 Å². The van der Waals surface area contributed by atoms with Crippen LogP contribution in [0.15, 0.2) is 47.3 Å². The van der Waals surface area contributed by atoms with Gasteiger partial charge in [0.1, 0.15) is 5.75 Å². The lowest BCUT2D eigenvalue weighted by molar-refractivity contribution is -0.0498. The lowest BCUT2D eigenvalue weighted by atomic mass is 10.1. The second kappa shape index (κ2) is 9.00. The summed E-state index contributed by atoms with van der Waals surface area (Å²) < 4.78 is 61.8. The molecule has 0 radical (unpaired) electrons. The molecule has 2 aromatic carbocycles. The van der Waals surface area contributed by atoms with E-state index in [1.54, 1.807) is 35.8 Å². The summed E-state index contributed by atoms with van der Waals surface area (Å²) in [5, 5.41) is 2.79. The van der Waals surface area contributed by atoms with Crippen molar-refractivity contribution in [2.75, 3.05) is 24.7 Å². The highest BCUT2D eigenvalue weighted by Crippen LogP contribution is 2.29. The van der Waals surface area contributed by atoms with E-state index in [9.17, 15) is 26.8 Å². The van der Waals surface area contributed by atoms with Gasteiger partial charge in [-0.3, -0.25) is 13.9 Å². The number of fused-ring (bicyclic) bond motifs is 1. The lowest BCUT2D eigenvalue weighted by Gasteiger charge is -2.38. The minimum absolute atomic E-state index is 0.0824. The van der Waals surface area contributed by atoms with Gasteiger partial charge < -0.3 is 14.8 Å². The van der Waals surface area contributed by atoms with Gasteiger partial charge >= 0.3 is 12.3 Å². The number of imidazole rings is 1. The Morgan fingerprint density at radius 1 is 1.14 bits per heavy atom. The molecule has 1 N–H and O–H groups in total. The zero-order chi connectivity index (χ0) is 25.7. The van der Waals surface area contributed by atoms with Gasteiger partial charge in [0.15, 0.2) is 9.84 Å². The smallest absolute Gasteiger partial charge is 0.387 e. The maximum Gasteiger partial charge on any atom is 0.387 e. The second-order valence-corrected chi connectivity index (χ2v) is 11.5. The van der Waals surface area contributed by atoms with Crippen LogP contribution in [-0.2, 0) is 14.6 Å². The number of nitrogens with one attached hydrogen (secondary N) is 1. The van der Waals surface area contributed by atoms with E-state index in [0.29, 0.717) is 42.8 Å². The van der Waals surface area contributed by atoms with Gasteiger partial charge in [-0.25, -0.2) is 13.2 Å². The first-order valence-electron chi connectivity index (χ1n) is 11.5. The Hall–Kier alpha value is -3.25. The van der Waals surface area contributed by atoms with Gasteiger partial charge in [0.25, 0.3) is 5.91 Å². The molecule has 5 rings (SSSR count). The fourth-order valence-electron chi connectivity index (χ4n) is 5.05. The van der Waals surface area contributed by atoms with Crippen molar-refractivity contribution < 1.29 is 31.5 Å². The van der Waals surface area contributed by atoms with Crippen LogP contribution in [0.5, 0.6) is 5.75 Å². The van der Waals surface area contributed by atoms with E-state index in [1.165, 1.54) is 22.8 Å². The third kappa shape index (κ3) is 4.62. The molecule has 1 amide bonds. The van der Waals surface area contributed by atoms with Crippen molar-refractivity contribution in [3.8, 4) is 11.4 Å². The van der Waals surface area contributed by atoms with Gasteiger partial charge in [-0.15, -0.1) is 0 Å². The quantitative estimate of drug-likeness (QED) is 0.534. The maximum absolute atomic E-state index is 13.7. The molecule has 192 valence electrons. The van der Waals surface area contributed by atoms with E-state index in [0.717, 1.165) is 0 Å². The summed E-state index contributed by atoms with van der Waals surface area (Å²) in [7, 11) is -3.15. The molecular formula is C24H25F2N3O6S. The minimum Gasteiger partial charge on any atom is -0.435 e. The summed E-state index contributed by atoms with van der Waals surface area (Å²) in [5.41, 5.74) is 0.406. The number of carbonyl (C=O) groups excluding carboxylic acids is 1. The Morgan fingerprint density at radius 3 is 2.53 bits per heavy atom. The fraction of sp³-hybridized carbons (Fsp3) is 0.417. The number of hydrogen-bond donors (Lipinski definition) is 1. The second-order valence-electron chi connectivity index (χ2n) is 9.46. The van der Waals surface area contributed by atoms with Crippen molar-refractivity contribution in [3.05, 3.63) is 58.5 Å². The average Bonchev–Trinajstić information content (AvgIpc) is 3.08. The molecule has 2 fully saturated rings. The highest BCUT2D eigenvalue weighted by atomic mass is 32.2. The molecule has 2 aliphatic heterocycles. The van der Waals surface area contributed by atoms with Crippen LogP contribution >= 0.6 is 0 Å². The minimum atomic E-state index is -3.15. The van der Waals surface area contributed by atoms with Gasteiger partial charge in [0, 0.05) is 30.9 Å². The molecule has 0 atom stereocenters. The van der Waals surface area contributed by atoms with Gasteiger partial charge in [0.05, 0.1) is 33.8 Å². The number of rotatable bonds is 6. The van der Waals surface area contributed by atoms with E-state index < -0.39 is 27.9 Å². The first-order chi connectivity index (χ1) is 17.1. The number of sulfone groups is 1. The Balaban J connectivity index is 1.59. The molecule has 0 saturated carbocycles. The zero-order valence-electron chi connectivity index (χ0n) is 19.4. The van der Waals surface area contributed by atoms with Crippen molar-refractivity contribution in [1.29, 1.82) is 0 Å². The number of hydrogen-bond acceptors (Lipinski definition) is 6. The summed E-state index contributed by atoms with van der Waals surface area (Å²) in [4.78, 5) is 26.7. The van der Waals surface area contributed by atoms with Gasteiger partial charge in [-0.2, -0.15) is 8.78 Å². The summed E-state index contributed by atoms with van der Waals surface area (Å²) in [5.74, 6) is -0.788. The van der Waals surface area contributed by atoms with Crippen LogP contribution in [0, 0.1) is 0 Å². The molecule has 2 aliphatic rings. The maximum atomic E-state index is 13.7. The third-order valence-electron chi connectivity index (χ3n) is 6.48. The number of ether oxygens (including phenoxy) is 2. The fourth-order valence-corrected chi connectivity index (χ4v) is 7.05. The third-order valence-corrected chi connectivity index (χ3v) is 8.64. The van der Waals surface area contributed by atoms with Crippen LogP contribution in [0.2, 0.25) is 0 Å². The van der Waals surface area contributed by atoms with Crippen molar-refractivity contribution >= 4 is 26.8 Å². The molecule has 1 aromatic heterocycles. The van der Waals surface area contributed by atoms with Gasteiger partial charge in [-0.05, 0) is 50.1 Å². The molecule has 2 saturated heterocycles. The number of aromatic nitrogens is 2. The number of carbonyl (C=O) groups is 1. The zero-order valence-corrected chi connectivity index (χ0v) is 20.3. The predicted molar refractivity (Wildman–Crippen MR) is 128 cm³/mol. The van der Waals surface area contributed by atoms with E-state index >= 15 is 0 Å². The van der Waals surface area contributed by atoms with Crippen molar-refractivity contribution in [1.82, 2.24) is 14.5 Å². The van der Waals surface area contributed by atoms with E-state index in [1.807, 2.05) is 0 Å². The Labute approximate surface area is 205 Å². The molecular weight excluding hydrogens is 496 g/mol. The standard InChI is InChI=1S/C24H25F2N3O6S/c1-24(13-36(32,33)14-24)27-21(30)15-5-6-19-20(11-15)28(16-7-9-34-10-8-16)23(31)29(19)17-3-2-4-18(12-17)35-22(25)26/h2-6,11-12,16,22H,7-10,13-14H2,1H3,(H,27,30). The Bertz CT molecular complexity index is 1480. The Kier molecular flexibility index (Phi) is 6.11. The molecule has 9 nitrogen and oxygen atoms in total. The topological polar surface area (TPSA) is 109 Å². The molecule has 0 spiro atoms. The van der Waals surface area contributed by atoms with Crippen LogP contribution < -0.4 is 15.7 Å². The van der Waals surface area contributed by atoms with E-state index in [4.69, 9.17) is 4.74 Å². The van der Waals surface area contributed by atoms with Crippen LogP contribution in [0.1, 0.15) is 36.2 Å². The molecule has 3 aromatic rings. The number of halogens is 2.